The molecule has 0 bridgehead atoms. The SMILES string of the molecule is CC/C=C\C/C=C\C/C=C\C/C=C\C/C=C\C/C=C\C/C=C\C/C=C\C/C=C\C/C=C\C/C=C\CCCCCCCC(=O)NC(COP(=O)([O-])OCC[N+](C)(C)C)C(O)/C=C/CC/C=C/CC/C=C/CCCCCCCCCCCCCCCCCCCCCCCC. The van der Waals surface area contributed by atoms with E-state index in [-0.39, 0.29) is 12.5 Å². The lowest BCUT2D eigenvalue weighted by atomic mass is 10.0. The molecular weight excluding hydrogens is 1160 g/mol. The molecule has 0 aromatic carbocycles. The number of hydrogen-bond donors (Lipinski definition) is 2. The summed E-state index contributed by atoms with van der Waals surface area (Å²) < 4.78 is 23.4. The molecule has 0 rings (SSSR count). The van der Waals surface area contributed by atoms with Crippen LogP contribution in [0.15, 0.2) is 170 Å². The number of carbonyl (C=O) groups excluding carboxylic acids is 1. The lowest BCUT2D eigenvalue weighted by Gasteiger charge is -2.29. The normalized spacial score (nSPS) is 14.5. The zero-order chi connectivity index (χ0) is 67.6. The molecule has 1 amide bonds. The third kappa shape index (κ3) is 75.1. The second kappa shape index (κ2) is 72.1. The third-order valence-corrected chi connectivity index (χ3v) is 17.1. The Labute approximate surface area is 574 Å². The molecule has 530 valence electrons. The number of aliphatic hydroxyl groups excluding tert-OH is 1. The van der Waals surface area contributed by atoms with E-state index in [0.717, 1.165) is 135 Å². The maximum Gasteiger partial charge on any atom is 0.268 e. The van der Waals surface area contributed by atoms with Crippen LogP contribution in [0.3, 0.4) is 0 Å². The highest BCUT2D eigenvalue weighted by molar-refractivity contribution is 7.45. The van der Waals surface area contributed by atoms with Gasteiger partial charge >= 0.3 is 0 Å². The van der Waals surface area contributed by atoms with E-state index in [2.05, 4.69) is 177 Å². The summed E-state index contributed by atoms with van der Waals surface area (Å²) in [5.41, 5.74) is 0. The molecule has 0 radical (unpaired) electrons. The number of quaternary nitrogens is 1. The Morgan fingerprint density at radius 1 is 0.387 bits per heavy atom. The number of rotatable bonds is 68. The van der Waals surface area contributed by atoms with Gasteiger partial charge in [0.15, 0.2) is 0 Å². The molecule has 2 N–H and O–H groups in total. The minimum absolute atomic E-state index is 0.0221. The van der Waals surface area contributed by atoms with Gasteiger partial charge in [-0.05, 0) is 128 Å². The first-order valence-electron chi connectivity index (χ1n) is 38.0. The lowest BCUT2D eigenvalue weighted by Crippen LogP contribution is -2.45. The van der Waals surface area contributed by atoms with Gasteiger partial charge in [0.2, 0.25) is 5.91 Å². The topological polar surface area (TPSA) is 108 Å². The van der Waals surface area contributed by atoms with Crippen LogP contribution in [0, 0.1) is 0 Å². The van der Waals surface area contributed by atoms with Crippen molar-refractivity contribution < 1.29 is 32.9 Å². The molecule has 0 aromatic rings. The first kappa shape index (κ1) is 88.9. The number of unbranched alkanes of at least 4 members (excludes halogenated alkanes) is 29. The smallest absolute Gasteiger partial charge is 0.268 e. The summed E-state index contributed by atoms with van der Waals surface area (Å²) in [5.74, 6) is -0.235. The van der Waals surface area contributed by atoms with Crippen molar-refractivity contribution in [1.29, 1.82) is 0 Å². The highest BCUT2D eigenvalue weighted by Gasteiger charge is 2.23. The van der Waals surface area contributed by atoms with E-state index in [9.17, 15) is 19.4 Å². The highest BCUT2D eigenvalue weighted by Crippen LogP contribution is 2.38. The monoisotopic (exact) mass is 1310 g/mol. The van der Waals surface area contributed by atoms with Gasteiger partial charge in [-0.3, -0.25) is 9.36 Å². The van der Waals surface area contributed by atoms with Gasteiger partial charge in [-0.15, -0.1) is 0 Å². The molecule has 9 heteroatoms. The van der Waals surface area contributed by atoms with E-state index in [4.69, 9.17) is 9.05 Å². The molecule has 0 aliphatic carbocycles. The summed E-state index contributed by atoms with van der Waals surface area (Å²) in [6.07, 6.45) is 114. The van der Waals surface area contributed by atoms with E-state index in [1.165, 1.54) is 148 Å². The van der Waals surface area contributed by atoms with Gasteiger partial charge < -0.3 is 28.8 Å². The quantitative estimate of drug-likeness (QED) is 0.0272. The number of phosphoric ester groups is 1. The Bertz CT molecular complexity index is 2130. The van der Waals surface area contributed by atoms with Crippen LogP contribution < -0.4 is 10.2 Å². The van der Waals surface area contributed by atoms with Crippen LogP contribution in [-0.4, -0.2) is 68.5 Å². The van der Waals surface area contributed by atoms with Crippen LogP contribution in [0.25, 0.3) is 0 Å². The van der Waals surface area contributed by atoms with Gasteiger partial charge in [0.05, 0.1) is 39.9 Å². The fraction of sp³-hybridized carbons (Fsp3) is 0.655. The molecule has 0 aliphatic rings. The van der Waals surface area contributed by atoms with Crippen molar-refractivity contribution in [2.75, 3.05) is 40.9 Å². The van der Waals surface area contributed by atoms with Crippen molar-refractivity contribution >= 4 is 13.7 Å². The third-order valence-electron chi connectivity index (χ3n) is 16.1. The lowest BCUT2D eigenvalue weighted by molar-refractivity contribution is -0.870. The Balaban J connectivity index is 4.21. The van der Waals surface area contributed by atoms with E-state index >= 15 is 0 Å². The first-order valence-corrected chi connectivity index (χ1v) is 39.5. The Hall–Kier alpha value is -4.14. The highest BCUT2D eigenvalue weighted by atomic mass is 31.2. The van der Waals surface area contributed by atoms with Crippen LogP contribution in [0.4, 0.5) is 0 Å². The van der Waals surface area contributed by atoms with Crippen LogP contribution >= 0.6 is 7.82 Å². The summed E-state index contributed by atoms with van der Waals surface area (Å²) in [6, 6.07) is -0.936. The van der Waals surface area contributed by atoms with E-state index in [0.29, 0.717) is 17.4 Å². The van der Waals surface area contributed by atoms with Crippen LogP contribution in [0.2, 0.25) is 0 Å². The first-order chi connectivity index (χ1) is 45.5. The fourth-order valence-corrected chi connectivity index (χ4v) is 11.0. The predicted molar refractivity (Wildman–Crippen MR) is 407 cm³/mol. The number of nitrogens with one attached hydrogen (secondary N) is 1. The Morgan fingerprint density at radius 2 is 0.667 bits per heavy atom. The molecule has 3 unspecified atom stereocenters. The van der Waals surface area contributed by atoms with Gasteiger partial charge in [-0.2, -0.15) is 0 Å². The maximum absolute atomic E-state index is 13.0. The summed E-state index contributed by atoms with van der Waals surface area (Å²) >= 11 is 0. The zero-order valence-electron chi connectivity index (χ0n) is 60.6. The van der Waals surface area contributed by atoms with Crippen LogP contribution in [0.1, 0.15) is 303 Å². The molecule has 0 aliphatic heterocycles. The van der Waals surface area contributed by atoms with Crippen molar-refractivity contribution in [2.24, 2.45) is 0 Å². The van der Waals surface area contributed by atoms with Crippen LogP contribution in [-0.2, 0) is 18.4 Å². The average molecular weight is 1310 g/mol. The number of amides is 1. The summed E-state index contributed by atoms with van der Waals surface area (Å²) in [4.78, 5) is 25.7. The van der Waals surface area contributed by atoms with Crippen molar-refractivity contribution in [3.8, 4) is 0 Å². The number of nitrogens with zero attached hydrogens (tertiary/aromatic N) is 1. The van der Waals surface area contributed by atoms with E-state index in [1.54, 1.807) is 6.08 Å². The number of phosphoric acid groups is 1. The van der Waals surface area contributed by atoms with Crippen molar-refractivity contribution in [1.82, 2.24) is 5.32 Å². The van der Waals surface area contributed by atoms with E-state index < -0.39 is 26.6 Å². The second-order valence-corrected chi connectivity index (χ2v) is 27.7. The number of carbonyl (C=O) groups is 1. The molecule has 0 saturated carbocycles. The fourth-order valence-electron chi connectivity index (χ4n) is 10.3. The molecule has 0 saturated heterocycles. The minimum atomic E-state index is -4.64. The standard InChI is InChI=1S/C84H143N2O6P/c1-6-8-10-12-14-16-18-20-22-24-26-28-30-32-34-36-38-40-41-42-43-44-45-46-48-50-52-54-56-58-60-62-64-66-68-70-72-74-76-78-84(88)85-82(81-92-93(89,90)91-80-79-86(3,4)5)83(87)77-75-73-71-69-67-65-63-61-59-57-55-53-51-49-47-39-37-35-33-31-29-27-25-23-21-19-17-15-13-11-9-7-2/h8,10,14,16,20,22,26,28,32,34,38,40,42-43,45-46,50,52,56,58-59,61-62,64,67,69,75,77,82-83,87H,6-7,9,11-13,15,17-19,21,23-25,27,29-31,33,35-37,39,41,44,47-49,51,53-55,57,60,63,65-66,68,70-74,76,78-81H2,1-5H3,(H-,85,88,89,90)/b10-8-,16-14-,22-20-,28-26-,34-32-,40-38-,43-42-,46-45-,52-50-,58-56-,61-59+,64-62-,69-67+,77-75+. The number of allylic oxidation sites excluding steroid dienone is 27. The molecule has 93 heavy (non-hydrogen) atoms. The van der Waals surface area contributed by atoms with E-state index in [1.807, 2.05) is 27.2 Å². The number of aliphatic hydroxyl groups is 1. The Morgan fingerprint density at radius 3 is 1.00 bits per heavy atom. The van der Waals surface area contributed by atoms with Gasteiger partial charge in [0.1, 0.15) is 13.2 Å². The van der Waals surface area contributed by atoms with Crippen molar-refractivity contribution in [2.45, 2.75) is 315 Å². The van der Waals surface area contributed by atoms with Crippen molar-refractivity contribution in [3.05, 3.63) is 170 Å². The molecular formula is C84H143N2O6P. The molecule has 0 aromatic heterocycles. The average Bonchev–Trinajstić information content (AvgIpc) is 1.94. The predicted octanol–water partition coefficient (Wildman–Crippen LogP) is 24.4. The van der Waals surface area contributed by atoms with Gasteiger partial charge in [-0.25, -0.2) is 0 Å². The molecule has 0 fully saturated rings. The van der Waals surface area contributed by atoms with Crippen molar-refractivity contribution in [3.63, 3.8) is 0 Å². The van der Waals surface area contributed by atoms with Gasteiger partial charge in [0, 0.05) is 6.42 Å². The largest absolute Gasteiger partial charge is 0.756 e. The molecule has 0 heterocycles. The minimum Gasteiger partial charge on any atom is -0.756 e. The summed E-state index contributed by atoms with van der Waals surface area (Å²) in [6.45, 7) is 4.50. The maximum atomic E-state index is 13.0. The Kier molecular flexibility index (Phi) is 68.9. The number of likely N-dealkylation sites (N-methyl/N-ethyl adjacent to an activating group) is 1. The molecule has 8 nitrogen and oxygen atoms in total. The second-order valence-electron chi connectivity index (χ2n) is 26.3. The summed E-state index contributed by atoms with van der Waals surface area (Å²) in [7, 11) is 1.20. The number of hydrogen-bond acceptors (Lipinski definition) is 6. The summed E-state index contributed by atoms with van der Waals surface area (Å²) in [5, 5.41) is 13.9. The molecule has 0 spiro atoms. The van der Waals surface area contributed by atoms with Gasteiger partial charge in [0.25, 0.3) is 7.82 Å². The molecule has 3 atom stereocenters. The van der Waals surface area contributed by atoms with Gasteiger partial charge in [-0.1, -0.05) is 338 Å². The van der Waals surface area contributed by atoms with Crippen LogP contribution in [0.5, 0.6) is 0 Å². The zero-order valence-corrected chi connectivity index (χ0v) is 61.5.